The number of hydrogen-bond acceptors (Lipinski definition) is 3. The van der Waals surface area contributed by atoms with Crippen LogP contribution < -0.4 is 0 Å². The molecule has 0 aliphatic carbocycles. The van der Waals surface area contributed by atoms with E-state index in [4.69, 9.17) is 4.74 Å². The van der Waals surface area contributed by atoms with Crippen LogP contribution in [0.2, 0.25) is 0 Å². The molecular formula is C14H17BrN2O2. The summed E-state index contributed by atoms with van der Waals surface area (Å²) in [5.41, 5.74) is 1.09. The van der Waals surface area contributed by atoms with Gasteiger partial charge < -0.3 is 4.74 Å². The van der Waals surface area contributed by atoms with Crippen LogP contribution in [-0.4, -0.2) is 22.4 Å². The molecule has 0 aliphatic rings. The summed E-state index contributed by atoms with van der Waals surface area (Å²) in [5, 5.41) is 5.26. The van der Waals surface area contributed by atoms with Gasteiger partial charge in [-0.2, -0.15) is 5.10 Å². The first-order valence-corrected chi connectivity index (χ1v) is 6.99. The normalized spacial score (nSPS) is 11.8. The van der Waals surface area contributed by atoms with E-state index in [0.29, 0.717) is 12.3 Å². The predicted molar refractivity (Wildman–Crippen MR) is 78.4 cm³/mol. The molecule has 19 heavy (non-hydrogen) atoms. The molecular weight excluding hydrogens is 308 g/mol. The molecule has 0 N–H and O–H groups in total. The minimum atomic E-state index is -0.377. The molecule has 0 aliphatic heterocycles. The number of rotatable bonds is 2. The summed E-state index contributed by atoms with van der Waals surface area (Å²) >= 11 is 3.45. The summed E-state index contributed by atoms with van der Waals surface area (Å²) in [6, 6.07) is 5.76. The Morgan fingerprint density at radius 1 is 1.42 bits per heavy atom. The summed E-state index contributed by atoms with van der Waals surface area (Å²) in [7, 11) is 0. The molecule has 0 unspecified atom stereocenters. The number of benzene rings is 1. The van der Waals surface area contributed by atoms with Crippen molar-refractivity contribution in [3.63, 3.8) is 0 Å². The lowest BCUT2D eigenvalue weighted by Gasteiger charge is -2.20. The Morgan fingerprint density at radius 2 is 2.11 bits per heavy atom. The van der Waals surface area contributed by atoms with Crippen LogP contribution >= 0.6 is 15.9 Å². The fraction of sp³-hybridized carbons (Fsp3) is 0.429. The van der Waals surface area contributed by atoms with Gasteiger partial charge in [0.25, 0.3) is 0 Å². The lowest BCUT2D eigenvalue weighted by atomic mass is 10.1. The molecule has 1 aromatic carbocycles. The lowest BCUT2D eigenvalue weighted by Crippen LogP contribution is -2.23. The molecule has 0 atom stereocenters. The van der Waals surface area contributed by atoms with Crippen molar-refractivity contribution in [2.45, 2.75) is 33.2 Å². The molecule has 0 fully saturated rings. The highest BCUT2D eigenvalue weighted by atomic mass is 79.9. The van der Waals surface area contributed by atoms with Crippen molar-refractivity contribution in [1.82, 2.24) is 9.78 Å². The number of carbonyl (C=O) groups excluding carboxylic acids is 1. The van der Waals surface area contributed by atoms with Crippen LogP contribution in [0.25, 0.3) is 10.9 Å². The number of aromatic nitrogens is 2. The van der Waals surface area contributed by atoms with E-state index in [1.807, 2.05) is 22.9 Å². The Balaban J connectivity index is 2.70. The van der Waals surface area contributed by atoms with Crippen LogP contribution in [-0.2, 0) is 10.3 Å². The Labute approximate surface area is 120 Å². The molecule has 2 aromatic rings. The van der Waals surface area contributed by atoms with Crippen molar-refractivity contribution in [3.05, 3.63) is 28.4 Å². The van der Waals surface area contributed by atoms with E-state index in [1.54, 1.807) is 6.92 Å². The third-order valence-corrected chi connectivity index (χ3v) is 3.24. The van der Waals surface area contributed by atoms with E-state index in [2.05, 4.69) is 41.8 Å². The SMILES string of the molecule is CCOC(=O)c1nn(C(C)(C)C)c2cc(Br)ccc12. The summed E-state index contributed by atoms with van der Waals surface area (Å²) in [4.78, 5) is 12.0. The fourth-order valence-electron chi connectivity index (χ4n) is 1.95. The van der Waals surface area contributed by atoms with Gasteiger partial charge in [-0.3, -0.25) is 4.68 Å². The number of nitrogens with zero attached hydrogens (tertiary/aromatic N) is 2. The second-order valence-corrected chi connectivity index (χ2v) is 6.23. The topological polar surface area (TPSA) is 44.1 Å². The minimum absolute atomic E-state index is 0.205. The number of carbonyl (C=O) groups is 1. The molecule has 1 heterocycles. The van der Waals surface area contributed by atoms with Crippen molar-refractivity contribution < 1.29 is 9.53 Å². The summed E-state index contributed by atoms with van der Waals surface area (Å²) in [6.45, 7) is 8.29. The molecule has 102 valence electrons. The zero-order valence-corrected chi connectivity index (χ0v) is 13.1. The van der Waals surface area contributed by atoms with Gasteiger partial charge in [-0.05, 0) is 45.9 Å². The smallest absolute Gasteiger partial charge is 0.359 e. The second-order valence-electron chi connectivity index (χ2n) is 5.31. The summed E-state index contributed by atoms with van der Waals surface area (Å²) in [5.74, 6) is -0.377. The zero-order chi connectivity index (χ0) is 14.2. The van der Waals surface area contributed by atoms with Crippen molar-refractivity contribution in [2.24, 2.45) is 0 Å². The zero-order valence-electron chi connectivity index (χ0n) is 11.5. The first-order chi connectivity index (χ1) is 8.84. The highest BCUT2D eigenvalue weighted by Crippen LogP contribution is 2.28. The van der Waals surface area contributed by atoms with Gasteiger partial charge in [0, 0.05) is 9.86 Å². The van der Waals surface area contributed by atoms with Crippen LogP contribution in [0.1, 0.15) is 38.2 Å². The molecule has 2 rings (SSSR count). The van der Waals surface area contributed by atoms with Crippen molar-refractivity contribution in [3.8, 4) is 0 Å². The Morgan fingerprint density at radius 3 is 2.68 bits per heavy atom. The van der Waals surface area contributed by atoms with Crippen molar-refractivity contribution >= 4 is 32.8 Å². The maximum atomic E-state index is 12.0. The number of hydrogen-bond donors (Lipinski definition) is 0. The van der Waals surface area contributed by atoms with E-state index in [9.17, 15) is 4.79 Å². The number of ether oxygens (including phenoxy) is 1. The third-order valence-electron chi connectivity index (χ3n) is 2.75. The quantitative estimate of drug-likeness (QED) is 0.790. The molecule has 0 spiro atoms. The number of halogens is 1. The number of esters is 1. The maximum Gasteiger partial charge on any atom is 0.359 e. The van der Waals surface area contributed by atoms with Gasteiger partial charge in [-0.25, -0.2) is 4.79 Å². The first-order valence-electron chi connectivity index (χ1n) is 6.20. The molecule has 0 radical (unpaired) electrons. The van der Waals surface area contributed by atoms with Gasteiger partial charge in [0.2, 0.25) is 0 Å². The predicted octanol–water partition coefficient (Wildman–Crippen LogP) is 3.73. The Bertz CT molecular complexity index is 626. The Kier molecular flexibility index (Phi) is 3.67. The van der Waals surface area contributed by atoms with E-state index in [1.165, 1.54) is 0 Å². The average molecular weight is 325 g/mol. The largest absolute Gasteiger partial charge is 0.461 e. The van der Waals surface area contributed by atoms with E-state index in [0.717, 1.165) is 15.4 Å². The van der Waals surface area contributed by atoms with Crippen LogP contribution in [0, 0.1) is 0 Å². The van der Waals surface area contributed by atoms with Crippen molar-refractivity contribution in [2.75, 3.05) is 6.61 Å². The third kappa shape index (κ3) is 2.66. The monoisotopic (exact) mass is 324 g/mol. The van der Waals surface area contributed by atoms with Gasteiger partial charge in [0.15, 0.2) is 5.69 Å². The maximum absolute atomic E-state index is 12.0. The molecule has 0 saturated carbocycles. The van der Waals surface area contributed by atoms with E-state index in [-0.39, 0.29) is 11.5 Å². The number of fused-ring (bicyclic) bond motifs is 1. The standard InChI is InChI=1S/C14H17BrN2O2/c1-5-19-13(18)12-10-7-6-9(15)8-11(10)17(16-12)14(2,3)4/h6-8H,5H2,1-4H3. The van der Waals surface area contributed by atoms with E-state index < -0.39 is 0 Å². The molecule has 0 bridgehead atoms. The van der Waals surface area contributed by atoms with E-state index >= 15 is 0 Å². The minimum Gasteiger partial charge on any atom is -0.461 e. The molecule has 4 nitrogen and oxygen atoms in total. The van der Waals surface area contributed by atoms with Gasteiger partial charge in [-0.15, -0.1) is 0 Å². The van der Waals surface area contributed by atoms with Gasteiger partial charge >= 0.3 is 5.97 Å². The molecule has 0 saturated heterocycles. The summed E-state index contributed by atoms with van der Waals surface area (Å²) in [6.07, 6.45) is 0. The fourth-order valence-corrected chi connectivity index (χ4v) is 2.30. The van der Waals surface area contributed by atoms with Gasteiger partial charge in [-0.1, -0.05) is 15.9 Å². The van der Waals surface area contributed by atoms with Crippen LogP contribution in [0.3, 0.4) is 0 Å². The highest BCUT2D eigenvalue weighted by Gasteiger charge is 2.24. The molecule has 1 aromatic heterocycles. The van der Waals surface area contributed by atoms with Crippen LogP contribution in [0.5, 0.6) is 0 Å². The lowest BCUT2D eigenvalue weighted by molar-refractivity contribution is 0.0520. The van der Waals surface area contributed by atoms with Crippen molar-refractivity contribution in [1.29, 1.82) is 0 Å². The highest BCUT2D eigenvalue weighted by molar-refractivity contribution is 9.10. The average Bonchev–Trinajstić information content (AvgIpc) is 2.67. The molecule has 0 amide bonds. The first kappa shape index (κ1) is 14.1. The van der Waals surface area contributed by atoms with Crippen LogP contribution in [0.4, 0.5) is 0 Å². The van der Waals surface area contributed by atoms with Gasteiger partial charge in [0.1, 0.15) is 0 Å². The second kappa shape index (κ2) is 4.96. The Hall–Kier alpha value is -1.36. The molecule has 5 heteroatoms. The summed E-state index contributed by atoms with van der Waals surface area (Å²) < 4.78 is 7.89. The van der Waals surface area contributed by atoms with Gasteiger partial charge in [0.05, 0.1) is 17.7 Å². The van der Waals surface area contributed by atoms with Crippen LogP contribution in [0.15, 0.2) is 22.7 Å².